The van der Waals surface area contributed by atoms with Crippen molar-refractivity contribution in [3.63, 3.8) is 0 Å². The van der Waals surface area contributed by atoms with Crippen molar-refractivity contribution in [2.45, 2.75) is 0 Å². The van der Waals surface area contributed by atoms with Crippen molar-refractivity contribution in [2.75, 3.05) is 30.3 Å². The molecule has 1 heterocycles. The standard InChI is InChI=1S/C10H12N4O3/c11-8-5-7(14(16)17)1-2-9(8)13-4-3-12-10(15)6-13/h1-2,5H,3-4,6,11H2,(H,12,15). The maximum Gasteiger partial charge on any atom is 0.271 e. The first kappa shape index (κ1) is 11.2. The van der Waals surface area contributed by atoms with Crippen LogP contribution in [0.4, 0.5) is 17.1 Å². The minimum atomic E-state index is -0.497. The number of nitrogen functional groups attached to an aromatic ring is 1. The zero-order valence-electron chi connectivity index (χ0n) is 9.05. The fourth-order valence-corrected chi connectivity index (χ4v) is 1.79. The molecule has 1 fully saturated rings. The van der Waals surface area contributed by atoms with E-state index in [1.165, 1.54) is 12.1 Å². The predicted molar refractivity (Wildman–Crippen MR) is 62.7 cm³/mol. The fourth-order valence-electron chi connectivity index (χ4n) is 1.79. The van der Waals surface area contributed by atoms with Crippen LogP contribution in [-0.2, 0) is 4.79 Å². The second kappa shape index (κ2) is 4.28. The van der Waals surface area contributed by atoms with E-state index >= 15 is 0 Å². The Balaban J connectivity index is 2.26. The highest BCUT2D eigenvalue weighted by molar-refractivity contribution is 5.84. The Hall–Kier alpha value is -2.31. The largest absolute Gasteiger partial charge is 0.397 e. The molecule has 1 aliphatic rings. The highest BCUT2D eigenvalue weighted by Gasteiger charge is 2.19. The molecule has 0 aromatic heterocycles. The summed E-state index contributed by atoms with van der Waals surface area (Å²) in [6.07, 6.45) is 0. The van der Waals surface area contributed by atoms with Crippen LogP contribution in [0.15, 0.2) is 18.2 Å². The molecule has 1 aromatic rings. The number of hydrogen-bond acceptors (Lipinski definition) is 5. The van der Waals surface area contributed by atoms with E-state index in [9.17, 15) is 14.9 Å². The number of nitrogens with two attached hydrogens (primary N) is 1. The molecule has 0 atom stereocenters. The van der Waals surface area contributed by atoms with Gasteiger partial charge in [-0.15, -0.1) is 0 Å². The number of carbonyl (C=O) groups is 1. The first-order valence-electron chi connectivity index (χ1n) is 5.13. The van der Waals surface area contributed by atoms with E-state index in [2.05, 4.69) is 5.32 Å². The molecule has 90 valence electrons. The highest BCUT2D eigenvalue weighted by Crippen LogP contribution is 2.27. The number of benzene rings is 1. The Kier molecular flexibility index (Phi) is 2.82. The lowest BCUT2D eigenvalue weighted by molar-refractivity contribution is -0.384. The first-order chi connectivity index (χ1) is 8.08. The Morgan fingerprint density at radius 3 is 2.82 bits per heavy atom. The molecule has 1 aromatic carbocycles. The number of nitro groups is 1. The lowest BCUT2D eigenvalue weighted by Gasteiger charge is -2.29. The number of nitro benzene ring substituents is 1. The van der Waals surface area contributed by atoms with Gasteiger partial charge in [0, 0.05) is 25.2 Å². The van der Waals surface area contributed by atoms with Crippen LogP contribution in [0.3, 0.4) is 0 Å². The summed E-state index contributed by atoms with van der Waals surface area (Å²) in [4.78, 5) is 23.1. The van der Waals surface area contributed by atoms with Crippen LogP contribution in [0.1, 0.15) is 0 Å². The van der Waals surface area contributed by atoms with Gasteiger partial charge in [0.1, 0.15) is 0 Å². The van der Waals surface area contributed by atoms with Gasteiger partial charge in [-0.2, -0.15) is 0 Å². The monoisotopic (exact) mass is 236 g/mol. The van der Waals surface area contributed by atoms with Gasteiger partial charge in [0.15, 0.2) is 0 Å². The van der Waals surface area contributed by atoms with E-state index < -0.39 is 4.92 Å². The highest BCUT2D eigenvalue weighted by atomic mass is 16.6. The molecule has 7 heteroatoms. The zero-order chi connectivity index (χ0) is 12.4. The molecule has 0 bridgehead atoms. The Morgan fingerprint density at radius 1 is 1.47 bits per heavy atom. The van der Waals surface area contributed by atoms with Crippen molar-refractivity contribution >= 4 is 23.0 Å². The lowest BCUT2D eigenvalue weighted by atomic mass is 10.2. The molecule has 1 amide bonds. The SMILES string of the molecule is Nc1cc([N+](=O)[O-])ccc1N1CCNC(=O)C1. The normalized spacial score (nSPS) is 15.5. The number of hydrogen-bond donors (Lipinski definition) is 2. The fraction of sp³-hybridized carbons (Fsp3) is 0.300. The summed E-state index contributed by atoms with van der Waals surface area (Å²) in [6, 6.07) is 4.27. The van der Waals surface area contributed by atoms with Crippen LogP contribution in [0.5, 0.6) is 0 Å². The van der Waals surface area contributed by atoms with Crippen molar-refractivity contribution in [1.82, 2.24) is 5.32 Å². The number of amides is 1. The van der Waals surface area contributed by atoms with Crippen molar-refractivity contribution in [1.29, 1.82) is 0 Å². The van der Waals surface area contributed by atoms with E-state index in [1.54, 1.807) is 11.0 Å². The third-order valence-corrected chi connectivity index (χ3v) is 2.60. The lowest BCUT2D eigenvalue weighted by Crippen LogP contribution is -2.47. The summed E-state index contributed by atoms with van der Waals surface area (Å²) in [5, 5.41) is 13.3. The van der Waals surface area contributed by atoms with E-state index in [0.717, 1.165) is 0 Å². The van der Waals surface area contributed by atoms with Crippen LogP contribution in [0.25, 0.3) is 0 Å². The van der Waals surface area contributed by atoms with Crippen LogP contribution in [0, 0.1) is 10.1 Å². The number of nitrogens with zero attached hydrogens (tertiary/aromatic N) is 2. The summed E-state index contributed by atoms with van der Waals surface area (Å²) < 4.78 is 0. The van der Waals surface area contributed by atoms with Crippen LogP contribution < -0.4 is 16.0 Å². The van der Waals surface area contributed by atoms with E-state index in [0.29, 0.717) is 24.5 Å². The summed E-state index contributed by atoms with van der Waals surface area (Å²) in [5.41, 5.74) is 6.68. The van der Waals surface area contributed by atoms with E-state index in [-0.39, 0.29) is 18.1 Å². The summed E-state index contributed by atoms with van der Waals surface area (Å²) in [7, 11) is 0. The van der Waals surface area contributed by atoms with Gasteiger partial charge in [-0.05, 0) is 6.07 Å². The molecule has 0 unspecified atom stereocenters. The molecule has 0 saturated carbocycles. The van der Waals surface area contributed by atoms with Gasteiger partial charge >= 0.3 is 0 Å². The topological polar surface area (TPSA) is 102 Å². The van der Waals surface area contributed by atoms with Gasteiger partial charge in [-0.25, -0.2) is 0 Å². The number of non-ortho nitro benzene ring substituents is 1. The molecule has 1 aliphatic heterocycles. The maximum atomic E-state index is 11.2. The van der Waals surface area contributed by atoms with Crippen LogP contribution in [-0.4, -0.2) is 30.5 Å². The van der Waals surface area contributed by atoms with E-state index in [4.69, 9.17) is 5.73 Å². The number of nitrogens with one attached hydrogen (secondary N) is 1. The molecule has 3 N–H and O–H groups in total. The van der Waals surface area contributed by atoms with Gasteiger partial charge in [-0.1, -0.05) is 0 Å². The summed E-state index contributed by atoms with van der Waals surface area (Å²) >= 11 is 0. The quantitative estimate of drug-likeness (QED) is 0.431. The third-order valence-electron chi connectivity index (χ3n) is 2.60. The number of anilines is 2. The molecule has 1 saturated heterocycles. The maximum absolute atomic E-state index is 11.2. The summed E-state index contributed by atoms with van der Waals surface area (Å²) in [5.74, 6) is -0.0750. The van der Waals surface area contributed by atoms with Crippen LogP contribution >= 0.6 is 0 Å². The number of carbonyl (C=O) groups excluding carboxylic acids is 1. The minimum absolute atomic E-state index is 0.0484. The molecule has 0 spiro atoms. The van der Waals surface area contributed by atoms with Gasteiger partial charge in [0.25, 0.3) is 5.69 Å². The Bertz CT molecular complexity index is 475. The van der Waals surface area contributed by atoms with Gasteiger partial charge in [0.05, 0.1) is 22.8 Å². The summed E-state index contributed by atoms with van der Waals surface area (Å²) in [6.45, 7) is 1.42. The number of rotatable bonds is 2. The second-order valence-electron chi connectivity index (χ2n) is 3.77. The van der Waals surface area contributed by atoms with Gasteiger partial charge in [0.2, 0.25) is 5.91 Å². The molecular weight excluding hydrogens is 224 g/mol. The zero-order valence-corrected chi connectivity index (χ0v) is 9.05. The molecule has 2 rings (SSSR count). The molecule has 0 aliphatic carbocycles. The second-order valence-corrected chi connectivity index (χ2v) is 3.77. The Labute approximate surface area is 97.3 Å². The molecule has 17 heavy (non-hydrogen) atoms. The van der Waals surface area contributed by atoms with Crippen molar-refractivity contribution in [3.8, 4) is 0 Å². The van der Waals surface area contributed by atoms with E-state index in [1.807, 2.05) is 0 Å². The number of piperazine rings is 1. The van der Waals surface area contributed by atoms with Gasteiger partial charge in [-0.3, -0.25) is 14.9 Å². The molecule has 7 nitrogen and oxygen atoms in total. The van der Waals surface area contributed by atoms with Crippen molar-refractivity contribution in [2.24, 2.45) is 0 Å². The van der Waals surface area contributed by atoms with Crippen LogP contribution in [0.2, 0.25) is 0 Å². The van der Waals surface area contributed by atoms with Crippen molar-refractivity contribution < 1.29 is 9.72 Å². The predicted octanol–water partition coefficient (Wildman–Crippen LogP) is 0.113. The minimum Gasteiger partial charge on any atom is -0.397 e. The van der Waals surface area contributed by atoms with Crippen molar-refractivity contribution in [3.05, 3.63) is 28.3 Å². The average molecular weight is 236 g/mol. The average Bonchev–Trinajstić information content (AvgIpc) is 2.28. The molecule has 0 radical (unpaired) electrons. The first-order valence-corrected chi connectivity index (χ1v) is 5.13. The molecular formula is C10H12N4O3. The van der Waals surface area contributed by atoms with Gasteiger partial charge < -0.3 is 16.0 Å². The Morgan fingerprint density at radius 2 is 2.24 bits per heavy atom. The third kappa shape index (κ3) is 2.27. The smallest absolute Gasteiger partial charge is 0.271 e.